The molecule has 0 atom stereocenters. The first kappa shape index (κ1) is 14.4. The third-order valence-electron chi connectivity index (χ3n) is 3.26. The molecular formula is C15H18FN3O. The molecule has 0 aliphatic heterocycles. The van der Waals surface area contributed by atoms with Gasteiger partial charge in [0.15, 0.2) is 0 Å². The number of urea groups is 1. The maximum absolute atomic E-state index is 13.6. The molecule has 1 aromatic rings. The number of carbonyl (C=O) groups excluding carboxylic acids is 1. The number of halogens is 1. The first-order chi connectivity index (χ1) is 9.69. The average molecular weight is 275 g/mol. The van der Waals surface area contributed by atoms with Crippen molar-refractivity contribution in [3.63, 3.8) is 0 Å². The summed E-state index contributed by atoms with van der Waals surface area (Å²) >= 11 is 0. The zero-order chi connectivity index (χ0) is 14.4. The van der Waals surface area contributed by atoms with Gasteiger partial charge in [-0.3, -0.25) is 0 Å². The molecule has 0 aromatic heterocycles. The molecule has 0 radical (unpaired) electrons. The molecule has 1 aliphatic rings. The molecule has 0 saturated heterocycles. The van der Waals surface area contributed by atoms with Crippen LogP contribution < -0.4 is 16.4 Å². The van der Waals surface area contributed by atoms with Crippen molar-refractivity contribution in [2.24, 2.45) is 5.73 Å². The Labute approximate surface area is 117 Å². The second-order valence-corrected chi connectivity index (χ2v) is 4.77. The van der Waals surface area contributed by atoms with Gasteiger partial charge in [0, 0.05) is 23.7 Å². The van der Waals surface area contributed by atoms with Gasteiger partial charge in [-0.1, -0.05) is 11.8 Å². The molecule has 106 valence electrons. The monoisotopic (exact) mass is 275 g/mol. The molecule has 0 spiro atoms. The largest absolute Gasteiger partial charge is 0.335 e. The first-order valence-corrected chi connectivity index (χ1v) is 6.71. The van der Waals surface area contributed by atoms with E-state index in [1.54, 1.807) is 12.1 Å². The molecular weight excluding hydrogens is 257 g/mol. The number of amides is 2. The third kappa shape index (κ3) is 3.97. The van der Waals surface area contributed by atoms with Crippen LogP contribution in [0.5, 0.6) is 0 Å². The smallest absolute Gasteiger partial charge is 0.315 e. The fourth-order valence-electron chi connectivity index (χ4n) is 1.91. The summed E-state index contributed by atoms with van der Waals surface area (Å²) in [5.41, 5.74) is 6.40. The molecule has 0 unspecified atom stereocenters. The Hall–Kier alpha value is -2.06. The number of benzene rings is 1. The standard InChI is InChI=1S/C15H18FN3O/c16-14-7-6-11(3-2-8-17)9-12(14)10-18-15(20)19-13-4-1-5-13/h6-7,9,13H,1,4-5,8,10,17H2,(H2,18,19,20). The van der Waals surface area contributed by atoms with Gasteiger partial charge in [0.05, 0.1) is 6.54 Å². The van der Waals surface area contributed by atoms with Gasteiger partial charge in [0.25, 0.3) is 0 Å². The first-order valence-electron chi connectivity index (χ1n) is 6.71. The fraction of sp³-hybridized carbons (Fsp3) is 0.400. The fourth-order valence-corrected chi connectivity index (χ4v) is 1.91. The van der Waals surface area contributed by atoms with Crippen molar-refractivity contribution in [1.29, 1.82) is 0 Å². The summed E-state index contributed by atoms with van der Waals surface area (Å²) in [5.74, 6) is 5.20. The zero-order valence-corrected chi connectivity index (χ0v) is 11.2. The van der Waals surface area contributed by atoms with Crippen LogP contribution in [0.15, 0.2) is 18.2 Å². The Kier molecular flexibility index (Phi) is 4.97. The summed E-state index contributed by atoms with van der Waals surface area (Å²) in [4.78, 5) is 11.6. The minimum atomic E-state index is -0.354. The number of hydrogen-bond donors (Lipinski definition) is 3. The molecule has 2 rings (SSSR count). The number of nitrogens with two attached hydrogens (primary N) is 1. The lowest BCUT2D eigenvalue weighted by Crippen LogP contribution is -2.44. The summed E-state index contributed by atoms with van der Waals surface area (Å²) in [6, 6.07) is 4.58. The van der Waals surface area contributed by atoms with E-state index in [2.05, 4.69) is 22.5 Å². The van der Waals surface area contributed by atoms with Crippen molar-refractivity contribution in [2.75, 3.05) is 6.54 Å². The molecule has 1 saturated carbocycles. The van der Waals surface area contributed by atoms with Crippen LogP contribution in [0.25, 0.3) is 0 Å². The van der Waals surface area contributed by atoms with Crippen LogP contribution in [0, 0.1) is 17.7 Å². The van der Waals surface area contributed by atoms with Gasteiger partial charge in [-0.25, -0.2) is 9.18 Å². The van der Waals surface area contributed by atoms with E-state index in [1.165, 1.54) is 6.07 Å². The minimum absolute atomic E-state index is 0.141. The minimum Gasteiger partial charge on any atom is -0.335 e. The highest BCUT2D eigenvalue weighted by molar-refractivity contribution is 5.74. The Balaban J connectivity index is 1.92. The number of carbonyl (C=O) groups is 1. The highest BCUT2D eigenvalue weighted by Gasteiger charge is 2.19. The molecule has 0 bridgehead atoms. The van der Waals surface area contributed by atoms with E-state index >= 15 is 0 Å². The van der Waals surface area contributed by atoms with Crippen LogP contribution in [0.2, 0.25) is 0 Å². The highest BCUT2D eigenvalue weighted by atomic mass is 19.1. The van der Waals surface area contributed by atoms with Crippen molar-refractivity contribution in [2.45, 2.75) is 31.8 Å². The Morgan fingerprint density at radius 2 is 2.25 bits per heavy atom. The van der Waals surface area contributed by atoms with Crippen molar-refractivity contribution < 1.29 is 9.18 Å². The second kappa shape index (κ2) is 6.92. The lowest BCUT2D eigenvalue weighted by Gasteiger charge is -2.26. The molecule has 4 nitrogen and oxygen atoms in total. The predicted octanol–water partition coefficient (Wildman–Crippen LogP) is 1.49. The van der Waals surface area contributed by atoms with E-state index < -0.39 is 0 Å². The van der Waals surface area contributed by atoms with E-state index in [0.29, 0.717) is 11.1 Å². The van der Waals surface area contributed by atoms with Crippen LogP contribution in [0.3, 0.4) is 0 Å². The van der Waals surface area contributed by atoms with Crippen molar-refractivity contribution in [3.8, 4) is 11.8 Å². The Morgan fingerprint density at radius 3 is 2.90 bits per heavy atom. The maximum Gasteiger partial charge on any atom is 0.315 e. The molecule has 20 heavy (non-hydrogen) atoms. The summed E-state index contributed by atoms with van der Waals surface area (Å²) in [7, 11) is 0. The van der Waals surface area contributed by atoms with Gasteiger partial charge in [-0.2, -0.15) is 0 Å². The van der Waals surface area contributed by atoms with Crippen LogP contribution in [0.1, 0.15) is 30.4 Å². The van der Waals surface area contributed by atoms with Crippen molar-refractivity contribution in [1.82, 2.24) is 10.6 Å². The van der Waals surface area contributed by atoms with Crippen LogP contribution >= 0.6 is 0 Å². The lowest BCUT2D eigenvalue weighted by atomic mass is 9.93. The number of nitrogens with one attached hydrogen (secondary N) is 2. The Bertz CT molecular complexity index is 544. The molecule has 1 aliphatic carbocycles. The van der Waals surface area contributed by atoms with E-state index in [-0.39, 0.29) is 31.0 Å². The van der Waals surface area contributed by atoms with Crippen molar-refractivity contribution >= 4 is 6.03 Å². The second-order valence-electron chi connectivity index (χ2n) is 4.77. The normalized spacial score (nSPS) is 13.9. The summed E-state index contributed by atoms with van der Waals surface area (Å²) in [5, 5.41) is 5.50. The van der Waals surface area contributed by atoms with Gasteiger partial charge in [0.2, 0.25) is 0 Å². The van der Waals surface area contributed by atoms with Crippen molar-refractivity contribution in [3.05, 3.63) is 35.1 Å². The van der Waals surface area contributed by atoms with Crippen LogP contribution in [-0.4, -0.2) is 18.6 Å². The van der Waals surface area contributed by atoms with Gasteiger partial charge in [-0.15, -0.1) is 0 Å². The van der Waals surface area contributed by atoms with Gasteiger partial charge in [-0.05, 0) is 37.5 Å². The molecule has 0 heterocycles. The van der Waals surface area contributed by atoms with Crippen LogP contribution in [-0.2, 0) is 6.54 Å². The van der Waals surface area contributed by atoms with Gasteiger partial charge >= 0.3 is 6.03 Å². The topological polar surface area (TPSA) is 67.1 Å². The van der Waals surface area contributed by atoms with Crippen LogP contribution in [0.4, 0.5) is 9.18 Å². The Morgan fingerprint density at radius 1 is 1.45 bits per heavy atom. The number of rotatable bonds is 3. The average Bonchev–Trinajstić information content (AvgIpc) is 2.40. The zero-order valence-electron chi connectivity index (χ0n) is 11.2. The summed E-state index contributed by atoms with van der Waals surface area (Å²) < 4.78 is 13.6. The maximum atomic E-state index is 13.6. The van der Waals surface area contributed by atoms with E-state index in [4.69, 9.17) is 5.73 Å². The molecule has 5 heteroatoms. The van der Waals surface area contributed by atoms with Gasteiger partial charge in [0.1, 0.15) is 5.82 Å². The third-order valence-corrected chi connectivity index (χ3v) is 3.26. The molecule has 2 amide bonds. The van der Waals surface area contributed by atoms with E-state index in [1.807, 2.05) is 0 Å². The lowest BCUT2D eigenvalue weighted by molar-refractivity contribution is 0.228. The molecule has 1 fully saturated rings. The molecule has 4 N–H and O–H groups in total. The summed E-state index contributed by atoms with van der Waals surface area (Å²) in [6.07, 6.45) is 3.19. The van der Waals surface area contributed by atoms with E-state index in [0.717, 1.165) is 19.3 Å². The SMILES string of the molecule is NCC#Cc1ccc(F)c(CNC(=O)NC2CCC2)c1. The molecule has 1 aromatic carbocycles. The quantitative estimate of drug-likeness (QED) is 0.732. The van der Waals surface area contributed by atoms with Gasteiger partial charge < -0.3 is 16.4 Å². The highest BCUT2D eigenvalue weighted by Crippen LogP contribution is 2.17. The summed E-state index contributed by atoms with van der Waals surface area (Å²) in [6.45, 7) is 0.400. The van der Waals surface area contributed by atoms with E-state index in [9.17, 15) is 9.18 Å². The number of hydrogen-bond acceptors (Lipinski definition) is 2. The predicted molar refractivity (Wildman–Crippen MR) is 75.3 cm³/mol.